The molecule has 4 N–H and O–H groups in total. The molecular weight excluding hydrogens is 327 g/mol. The van der Waals surface area contributed by atoms with Crippen LogP contribution in [0.4, 0.5) is 0 Å². The topological polar surface area (TPSA) is 128 Å². The van der Waals surface area contributed by atoms with Gasteiger partial charge in [-0.1, -0.05) is 0 Å². The van der Waals surface area contributed by atoms with Crippen LogP contribution in [-0.2, 0) is 27.5 Å². The Kier molecular flexibility index (Phi) is 17.6. The minimum atomic E-state index is -5.17. The monoisotopic (exact) mass is 351 g/mol. The van der Waals surface area contributed by atoms with Crippen molar-refractivity contribution in [3.63, 3.8) is 0 Å². The zero-order chi connectivity index (χ0) is 14.4. The summed E-state index contributed by atoms with van der Waals surface area (Å²) in [6.45, 7) is 8.87. The van der Waals surface area contributed by atoms with Gasteiger partial charge in [0, 0.05) is 36.6 Å². The summed E-state index contributed by atoms with van der Waals surface area (Å²) in [5.74, 6) is 0. The van der Waals surface area contributed by atoms with Crippen LogP contribution < -0.4 is 21.3 Å². The van der Waals surface area contributed by atoms with Crippen molar-refractivity contribution in [3.8, 4) is 0 Å². The Balaban J connectivity index is 0. The summed E-state index contributed by atoms with van der Waals surface area (Å²) in [6.07, 6.45) is 2.44. The minimum absolute atomic E-state index is 0. The Labute approximate surface area is 131 Å². The van der Waals surface area contributed by atoms with E-state index in [0.29, 0.717) is 0 Å². The van der Waals surface area contributed by atoms with E-state index in [4.69, 9.17) is 17.5 Å². The van der Waals surface area contributed by atoms with E-state index in [1.165, 1.54) is 12.8 Å². The predicted octanol–water partition coefficient (Wildman–Crippen LogP) is -2.20. The van der Waals surface area contributed by atoms with E-state index in [1.807, 2.05) is 0 Å². The van der Waals surface area contributed by atoms with Gasteiger partial charge in [0.25, 0.3) is 0 Å². The molecule has 10 heteroatoms. The molecule has 0 bridgehead atoms. The second-order valence-electron chi connectivity index (χ2n) is 4.12. The Bertz CT molecular complexity index is 232. The summed E-state index contributed by atoms with van der Waals surface area (Å²) >= 11 is 0. The molecule has 20 heavy (non-hydrogen) atoms. The molecule has 0 amide bonds. The quantitative estimate of drug-likeness (QED) is 0.220. The van der Waals surface area contributed by atoms with Gasteiger partial charge in [-0.05, 0) is 39.0 Å². The molecule has 0 unspecified atom stereocenters. The fourth-order valence-electron chi connectivity index (χ4n) is 1.53. The van der Waals surface area contributed by atoms with E-state index in [2.05, 4.69) is 21.3 Å². The Morgan fingerprint density at radius 1 is 0.600 bits per heavy atom. The summed E-state index contributed by atoms with van der Waals surface area (Å²) in [5, 5.41) is 13.7. The van der Waals surface area contributed by atoms with Crippen LogP contribution in [-0.4, -0.2) is 69.9 Å². The fraction of sp³-hybridized carbons (Fsp3) is 1.00. The van der Waals surface area contributed by atoms with Crippen LogP contribution >= 0.6 is 0 Å². The zero-order valence-corrected chi connectivity index (χ0v) is 13.5. The molecule has 0 aromatic rings. The van der Waals surface area contributed by atoms with Crippen molar-refractivity contribution < 1.29 is 34.6 Å². The van der Waals surface area contributed by atoms with E-state index in [1.54, 1.807) is 0 Å². The Morgan fingerprint density at radius 2 is 0.800 bits per heavy atom. The summed E-state index contributed by atoms with van der Waals surface area (Å²) in [7, 11) is -5.17. The van der Waals surface area contributed by atoms with Crippen molar-refractivity contribution in [2.75, 3.05) is 52.4 Å². The number of rotatable bonds is 0. The van der Waals surface area contributed by atoms with E-state index in [0.717, 1.165) is 52.4 Å². The van der Waals surface area contributed by atoms with Crippen LogP contribution in [0.5, 0.6) is 0 Å². The number of nitrogens with one attached hydrogen (secondary N) is 4. The maximum atomic E-state index is 8.52. The van der Waals surface area contributed by atoms with Crippen LogP contribution in [0.15, 0.2) is 0 Å². The van der Waals surface area contributed by atoms with Crippen LogP contribution in [0, 0.1) is 0 Å². The third-order valence-corrected chi connectivity index (χ3v) is 2.37. The molecule has 1 heterocycles. The van der Waals surface area contributed by atoms with Gasteiger partial charge < -0.3 is 30.4 Å². The average Bonchev–Trinajstić information content (AvgIpc) is 2.30. The minimum Gasteiger partial charge on any atom is -0.759 e. The number of hydrogen-bond donors (Lipinski definition) is 4. The van der Waals surface area contributed by atoms with Crippen molar-refractivity contribution >= 4 is 10.4 Å². The van der Waals surface area contributed by atoms with Crippen molar-refractivity contribution in [2.45, 2.75) is 12.8 Å². The number of hydrogen-bond acceptors (Lipinski definition) is 8. The fourth-order valence-corrected chi connectivity index (χ4v) is 1.53. The maximum Gasteiger partial charge on any atom is 2.00 e. The van der Waals surface area contributed by atoms with E-state index in [9.17, 15) is 0 Å². The first-order chi connectivity index (χ1) is 9.00. The van der Waals surface area contributed by atoms with Gasteiger partial charge in [0.1, 0.15) is 0 Å². The van der Waals surface area contributed by atoms with Crippen LogP contribution in [0.25, 0.3) is 0 Å². The largest absolute Gasteiger partial charge is 2.00 e. The predicted molar refractivity (Wildman–Crippen MR) is 71.2 cm³/mol. The van der Waals surface area contributed by atoms with Gasteiger partial charge in [-0.2, -0.15) is 0 Å². The molecule has 1 fully saturated rings. The molecular formula is C10H24MnN4O4S. The molecule has 0 aliphatic carbocycles. The smallest absolute Gasteiger partial charge is 0.759 e. The molecule has 8 nitrogen and oxygen atoms in total. The van der Waals surface area contributed by atoms with E-state index >= 15 is 0 Å². The summed E-state index contributed by atoms with van der Waals surface area (Å²) in [6, 6.07) is 0. The van der Waals surface area contributed by atoms with Crippen molar-refractivity contribution in [2.24, 2.45) is 0 Å². The second-order valence-corrected chi connectivity index (χ2v) is 4.93. The van der Waals surface area contributed by atoms with Crippen molar-refractivity contribution in [3.05, 3.63) is 0 Å². The van der Waals surface area contributed by atoms with Crippen molar-refractivity contribution in [1.29, 1.82) is 0 Å². The maximum absolute atomic E-state index is 8.52. The molecule has 1 aliphatic heterocycles. The summed E-state index contributed by atoms with van der Waals surface area (Å²) < 4.78 is 34.1. The van der Waals surface area contributed by atoms with Crippen LogP contribution in [0.3, 0.4) is 0 Å². The van der Waals surface area contributed by atoms with E-state index < -0.39 is 10.4 Å². The van der Waals surface area contributed by atoms with E-state index in [-0.39, 0.29) is 17.1 Å². The zero-order valence-electron chi connectivity index (χ0n) is 11.5. The molecule has 0 spiro atoms. The van der Waals surface area contributed by atoms with Gasteiger partial charge in [0.15, 0.2) is 0 Å². The molecule has 0 saturated carbocycles. The first-order valence-electron chi connectivity index (χ1n) is 6.50. The van der Waals surface area contributed by atoms with Gasteiger partial charge in [-0.25, -0.2) is 0 Å². The van der Waals surface area contributed by atoms with Crippen LogP contribution in [0.2, 0.25) is 0 Å². The molecule has 0 atom stereocenters. The average molecular weight is 351 g/mol. The normalized spacial score (nSPS) is 19.7. The summed E-state index contributed by atoms with van der Waals surface area (Å²) in [4.78, 5) is 0. The van der Waals surface area contributed by atoms with Gasteiger partial charge in [0.05, 0.1) is 0 Å². The standard InChI is InChI=1S/C10H24N4.Mn.H2O4S/c1-3-11-7-9-13-5-2-6-14-10-8-12-4-1;;1-5(2,3)4/h11-14H,1-10H2;;(H2,1,2,3,4)/q;+2;/p-2. The molecule has 1 aliphatic rings. The second kappa shape index (κ2) is 15.6. The molecule has 0 aromatic heterocycles. The van der Waals surface area contributed by atoms with Crippen molar-refractivity contribution in [1.82, 2.24) is 21.3 Å². The molecule has 0 aromatic carbocycles. The van der Waals surface area contributed by atoms with Gasteiger partial charge in [-0.15, -0.1) is 0 Å². The molecule has 1 rings (SSSR count). The first-order valence-corrected chi connectivity index (χ1v) is 7.83. The molecule has 1 radical (unpaired) electrons. The SMILES string of the molecule is C1CNCCNCCCNCCNC1.O=S(=O)([O-])[O-].[Mn+2]. The first kappa shape index (κ1) is 22.5. The molecule has 1 saturated heterocycles. The van der Waals surface area contributed by atoms with Gasteiger partial charge >= 0.3 is 17.1 Å². The third-order valence-electron chi connectivity index (χ3n) is 2.37. The van der Waals surface area contributed by atoms with Gasteiger partial charge in [-0.3, -0.25) is 8.42 Å². The molecule has 121 valence electrons. The third kappa shape index (κ3) is 26.7. The Morgan fingerprint density at radius 3 is 1.00 bits per heavy atom. The summed E-state index contributed by atoms with van der Waals surface area (Å²) in [5.41, 5.74) is 0. The van der Waals surface area contributed by atoms with Gasteiger partial charge in [0.2, 0.25) is 0 Å². The van der Waals surface area contributed by atoms with Crippen LogP contribution in [0.1, 0.15) is 12.8 Å². The Hall–Kier alpha value is 0.229.